The molecule has 1 aromatic heterocycles. The third-order valence-corrected chi connectivity index (χ3v) is 4.75. The Morgan fingerprint density at radius 2 is 1.83 bits per heavy atom. The van der Waals surface area contributed by atoms with E-state index in [2.05, 4.69) is 9.88 Å². The molecule has 1 N–H and O–H groups in total. The minimum Gasteiger partial charge on any atom is -0.317 e. The number of fused-ring (bicyclic) bond motifs is 3. The summed E-state index contributed by atoms with van der Waals surface area (Å²) in [5.41, 5.74) is 4.55. The van der Waals surface area contributed by atoms with Crippen LogP contribution < -0.4 is 10.2 Å². The van der Waals surface area contributed by atoms with Gasteiger partial charge in [0.25, 0.3) is 0 Å². The molecule has 0 radical (unpaired) electrons. The van der Waals surface area contributed by atoms with Gasteiger partial charge in [0.15, 0.2) is 0 Å². The van der Waals surface area contributed by atoms with Crippen LogP contribution in [0.4, 0.5) is 16.2 Å². The van der Waals surface area contributed by atoms with Crippen molar-refractivity contribution >= 4 is 29.0 Å². The quantitative estimate of drug-likeness (QED) is 0.667. The van der Waals surface area contributed by atoms with E-state index < -0.39 is 0 Å². The van der Waals surface area contributed by atoms with E-state index in [4.69, 9.17) is 11.6 Å². The zero-order valence-corrected chi connectivity index (χ0v) is 13.9. The van der Waals surface area contributed by atoms with Crippen molar-refractivity contribution in [2.75, 3.05) is 10.2 Å². The van der Waals surface area contributed by atoms with Crippen molar-refractivity contribution in [2.24, 2.45) is 0 Å². The number of amides is 2. The van der Waals surface area contributed by atoms with Crippen LogP contribution in [0.25, 0.3) is 5.69 Å². The predicted octanol–water partition coefficient (Wildman–Crippen LogP) is 4.99. The molecule has 5 heteroatoms. The van der Waals surface area contributed by atoms with Crippen molar-refractivity contribution in [3.05, 3.63) is 77.1 Å². The third kappa shape index (κ3) is 2.36. The van der Waals surface area contributed by atoms with Gasteiger partial charge in [-0.05, 0) is 48.9 Å². The highest BCUT2D eigenvalue weighted by Crippen LogP contribution is 2.33. The van der Waals surface area contributed by atoms with Gasteiger partial charge in [0.2, 0.25) is 0 Å². The van der Waals surface area contributed by atoms with Gasteiger partial charge in [0.1, 0.15) is 0 Å². The largest absolute Gasteiger partial charge is 0.326 e. The maximum absolute atomic E-state index is 12.9. The van der Waals surface area contributed by atoms with Gasteiger partial charge in [-0.3, -0.25) is 4.90 Å². The Balaban J connectivity index is 1.70. The highest BCUT2D eigenvalue weighted by molar-refractivity contribution is 6.31. The fourth-order valence-electron chi connectivity index (χ4n) is 3.03. The second-order valence-electron chi connectivity index (χ2n) is 5.79. The van der Waals surface area contributed by atoms with E-state index in [-0.39, 0.29) is 6.03 Å². The van der Waals surface area contributed by atoms with E-state index in [0.29, 0.717) is 11.6 Å². The summed E-state index contributed by atoms with van der Waals surface area (Å²) in [5.74, 6) is 0. The molecule has 2 aromatic carbocycles. The number of para-hydroxylation sites is 2. The van der Waals surface area contributed by atoms with Gasteiger partial charge in [0, 0.05) is 22.6 Å². The molecule has 3 aromatic rings. The number of nitrogens with one attached hydrogen (secondary N) is 1. The first-order valence-electron chi connectivity index (χ1n) is 7.74. The third-order valence-electron chi connectivity index (χ3n) is 4.34. The number of hydrogen-bond acceptors (Lipinski definition) is 1. The Labute approximate surface area is 145 Å². The average Bonchev–Trinajstić information content (AvgIpc) is 3.07. The number of hydrogen-bond donors (Lipinski definition) is 1. The Kier molecular flexibility index (Phi) is 3.54. The van der Waals surface area contributed by atoms with Crippen LogP contribution in [0, 0.1) is 6.92 Å². The number of nitrogens with zero attached hydrogens (tertiary/aromatic N) is 2. The van der Waals surface area contributed by atoms with Crippen molar-refractivity contribution in [1.82, 2.24) is 4.57 Å². The smallest absolute Gasteiger partial charge is 0.317 e. The van der Waals surface area contributed by atoms with Gasteiger partial charge < -0.3 is 9.88 Å². The van der Waals surface area contributed by atoms with Crippen LogP contribution in [0.5, 0.6) is 0 Å². The van der Waals surface area contributed by atoms with Crippen molar-refractivity contribution in [2.45, 2.75) is 13.5 Å². The van der Waals surface area contributed by atoms with Crippen molar-refractivity contribution < 1.29 is 4.79 Å². The standard InChI is InChI=1S/C19H16ClN3O/c1-13-15(20)7-4-8-16(13)21-19(24)23-12-14-6-5-11-22(14)17-9-2-3-10-18(17)23/h2-11H,12H2,1H3,(H,21,24). The van der Waals surface area contributed by atoms with E-state index in [1.807, 2.05) is 67.7 Å². The zero-order valence-electron chi connectivity index (χ0n) is 13.2. The lowest BCUT2D eigenvalue weighted by Gasteiger charge is -2.31. The van der Waals surface area contributed by atoms with E-state index >= 15 is 0 Å². The maximum Gasteiger partial charge on any atom is 0.326 e. The van der Waals surface area contributed by atoms with E-state index in [0.717, 1.165) is 28.3 Å². The van der Waals surface area contributed by atoms with Crippen LogP contribution in [0.1, 0.15) is 11.3 Å². The molecule has 2 amide bonds. The monoisotopic (exact) mass is 337 g/mol. The molecule has 4 nitrogen and oxygen atoms in total. The first-order valence-corrected chi connectivity index (χ1v) is 8.12. The van der Waals surface area contributed by atoms with Gasteiger partial charge in [-0.1, -0.05) is 29.8 Å². The average molecular weight is 338 g/mol. The number of anilines is 2. The summed E-state index contributed by atoms with van der Waals surface area (Å²) in [6.45, 7) is 2.42. The second kappa shape index (κ2) is 5.73. The lowest BCUT2D eigenvalue weighted by Crippen LogP contribution is -2.38. The lowest BCUT2D eigenvalue weighted by atomic mass is 10.1. The molecule has 0 bridgehead atoms. The summed E-state index contributed by atoms with van der Waals surface area (Å²) in [5, 5.41) is 3.62. The van der Waals surface area contributed by atoms with E-state index in [1.165, 1.54) is 0 Å². The normalized spacial score (nSPS) is 12.5. The van der Waals surface area contributed by atoms with Gasteiger partial charge in [-0.25, -0.2) is 4.79 Å². The molecule has 0 unspecified atom stereocenters. The second-order valence-corrected chi connectivity index (χ2v) is 6.19. The van der Waals surface area contributed by atoms with Gasteiger partial charge >= 0.3 is 6.03 Å². The Hall–Kier alpha value is -2.72. The maximum atomic E-state index is 12.9. The van der Waals surface area contributed by atoms with Gasteiger partial charge in [-0.2, -0.15) is 0 Å². The van der Waals surface area contributed by atoms with Crippen LogP contribution in [0.3, 0.4) is 0 Å². The number of carbonyl (C=O) groups is 1. The first kappa shape index (κ1) is 14.8. The van der Waals surface area contributed by atoms with Crippen LogP contribution >= 0.6 is 11.6 Å². The molecule has 0 saturated carbocycles. The highest BCUT2D eigenvalue weighted by Gasteiger charge is 2.26. The highest BCUT2D eigenvalue weighted by atomic mass is 35.5. The Morgan fingerprint density at radius 3 is 2.67 bits per heavy atom. The molecular weight excluding hydrogens is 322 g/mol. The molecule has 0 aliphatic carbocycles. The summed E-state index contributed by atoms with van der Waals surface area (Å²) in [6, 6.07) is 17.3. The number of halogens is 1. The molecule has 120 valence electrons. The molecule has 1 aliphatic rings. The molecule has 0 spiro atoms. The number of rotatable bonds is 1. The van der Waals surface area contributed by atoms with Crippen molar-refractivity contribution in [3.8, 4) is 5.69 Å². The summed E-state index contributed by atoms with van der Waals surface area (Å²) < 4.78 is 2.11. The molecule has 24 heavy (non-hydrogen) atoms. The molecular formula is C19H16ClN3O. The summed E-state index contributed by atoms with van der Waals surface area (Å²) in [6.07, 6.45) is 2.02. The minimum atomic E-state index is -0.166. The Bertz CT molecular complexity index is 932. The fraction of sp³-hybridized carbons (Fsp3) is 0.105. The lowest BCUT2D eigenvalue weighted by molar-refractivity contribution is 0.256. The topological polar surface area (TPSA) is 37.3 Å². The van der Waals surface area contributed by atoms with Gasteiger partial charge in [-0.15, -0.1) is 0 Å². The predicted molar refractivity (Wildman–Crippen MR) is 97.2 cm³/mol. The molecule has 4 rings (SSSR count). The summed E-state index contributed by atoms with van der Waals surface area (Å²) in [7, 11) is 0. The molecule has 0 atom stereocenters. The minimum absolute atomic E-state index is 0.166. The number of benzene rings is 2. The van der Waals surface area contributed by atoms with Crippen LogP contribution in [0.2, 0.25) is 5.02 Å². The van der Waals surface area contributed by atoms with Crippen LogP contribution in [-0.4, -0.2) is 10.6 Å². The SMILES string of the molecule is Cc1c(Cl)cccc1NC(=O)N1Cc2cccn2-c2ccccc21. The van der Waals surface area contributed by atoms with Crippen molar-refractivity contribution in [1.29, 1.82) is 0 Å². The summed E-state index contributed by atoms with van der Waals surface area (Å²) >= 11 is 6.15. The number of urea groups is 1. The van der Waals surface area contributed by atoms with Crippen LogP contribution in [-0.2, 0) is 6.54 Å². The Morgan fingerprint density at radius 1 is 1.04 bits per heavy atom. The number of carbonyl (C=O) groups excluding carboxylic acids is 1. The fourth-order valence-corrected chi connectivity index (χ4v) is 3.20. The van der Waals surface area contributed by atoms with Crippen LogP contribution in [0.15, 0.2) is 60.8 Å². The summed E-state index contributed by atoms with van der Waals surface area (Å²) in [4.78, 5) is 14.6. The zero-order chi connectivity index (χ0) is 16.7. The van der Waals surface area contributed by atoms with E-state index in [1.54, 1.807) is 4.90 Å². The van der Waals surface area contributed by atoms with E-state index in [9.17, 15) is 4.79 Å². The number of aromatic nitrogens is 1. The first-order chi connectivity index (χ1) is 11.6. The van der Waals surface area contributed by atoms with Crippen molar-refractivity contribution in [3.63, 3.8) is 0 Å². The molecule has 1 aliphatic heterocycles. The molecule has 0 fully saturated rings. The van der Waals surface area contributed by atoms with Gasteiger partial charge in [0.05, 0.1) is 17.9 Å². The molecule has 0 saturated heterocycles. The molecule has 2 heterocycles.